The van der Waals surface area contributed by atoms with Crippen LogP contribution in [-0.4, -0.2) is 238 Å². The van der Waals surface area contributed by atoms with Crippen molar-refractivity contribution in [2.75, 3.05) is 54.1 Å². The van der Waals surface area contributed by atoms with Gasteiger partial charge in [0.15, 0.2) is 23.9 Å². The molecule has 0 radical (unpaired) electrons. The quantitative estimate of drug-likeness (QED) is 0.0387. The second kappa shape index (κ2) is 40.4. The Kier molecular flexibility index (Phi) is 29.6. The number of carbonyl (C=O) groups excluding carboxylic acids is 9. The number of imide groups is 1. The highest BCUT2D eigenvalue weighted by Crippen LogP contribution is 2.55. The highest BCUT2D eigenvalue weighted by atomic mass is 35.5. The van der Waals surface area contributed by atoms with E-state index in [0.29, 0.717) is 30.5 Å². The van der Waals surface area contributed by atoms with Crippen LogP contribution in [0.2, 0.25) is 5.02 Å². The Morgan fingerprint density at radius 2 is 1.32 bits per heavy atom. The Balaban J connectivity index is 0.963. The number of aliphatic hydroxyl groups is 6. The number of phenols is 3. The lowest BCUT2D eigenvalue weighted by molar-refractivity contribution is -0.333. The first kappa shape index (κ1) is 95.2. The van der Waals surface area contributed by atoms with E-state index in [-0.39, 0.29) is 112 Å². The lowest BCUT2D eigenvalue weighted by Gasteiger charge is -2.54. The van der Waals surface area contributed by atoms with Crippen LogP contribution in [0.25, 0.3) is 11.1 Å². The molecule has 9 amide bonds. The van der Waals surface area contributed by atoms with Crippen molar-refractivity contribution in [3.8, 4) is 62.9 Å². The third-order valence-corrected chi connectivity index (χ3v) is 25.7. The van der Waals surface area contributed by atoms with E-state index in [0.717, 1.165) is 80.6 Å². The van der Waals surface area contributed by atoms with Gasteiger partial charge in [0, 0.05) is 53.8 Å². The summed E-state index contributed by atoms with van der Waals surface area (Å²) in [6.07, 6.45) is -14.4. The standard InChI is InChI=1S/C91H113ClN12O26/c1-39(2)19-57(96-8)83(116)103-73-75(110)46-10-13-61(40(3)20-46)126-63-31-50-32-64(79(63)130-90-80(78(113)77(112)65(37-105)128-90)129-67-36-91(5,93)81(114)41(4)125-67)127-62-14-11-47(30-56(62)92)76(111)74-89(122)102-72(87(120)99-69-48-22-42-21-43(24-48)25-49(69)23-42)55-33-52(106)34-60(108)68(55)54-29-45(9-12-59(54)107)70(85(118)104-74)101-86(119)71(50)100-84(117)58(97-88(73)121)35-66(109)98-82(115)51-26-44(38-123-17-15-94-6)27-53(28-51)124-18-16-95-7/h9-14,20,26-34,39,41-43,48-49,57-58,65,67,69-78,80-81,90,94-96,105-108,110-114H,15-19,21-25,35-38,93H2,1-8H3,(H,97,121)(H,99,120)(H,100,117)(H,101,119)(H,102,122)(H,103,116)(H,104,118)(H,98,109,115)/t41-,42?,43?,48?,49?,57+,58-,65+,67-,69?,70+,71+,72-,73+,74-,75+,76+,77+,78-,80+,81+,90-,91-/m0/s1. The molecule has 130 heavy (non-hydrogen) atoms. The molecule has 6 aromatic carbocycles. The molecular formula is C91H113ClN12O26. The van der Waals surface area contributed by atoms with Gasteiger partial charge in [0.25, 0.3) is 5.91 Å². The molecule has 700 valence electrons. The molecule has 0 unspecified atom stereocenters. The van der Waals surface area contributed by atoms with E-state index in [2.05, 4.69) is 58.5 Å². The summed E-state index contributed by atoms with van der Waals surface area (Å²) >= 11 is 7.33. The van der Waals surface area contributed by atoms with E-state index >= 15 is 33.6 Å². The van der Waals surface area contributed by atoms with E-state index in [4.69, 9.17) is 55.2 Å². The van der Waals surface area contributed by atoms with Crippen molar-refractivity contribution in [2.24, 2.45) is 35.3 Å². The number of aromatic hydroxyl groups is 3. The van der Waals surface area contributed by atoms with Gasteiger partial charge in [0.1, 0.15) is 108 Å². The zero-order valence-electron chi connectivity index (χ0n) is 72.8. The molecule has 38 nitrogen and oxygen atoms in total. The fraction of sp³-hybridized carbons (Fsp3) is 0.505. The fourth-order valence-electron chi connectivity index (χ4n) is 18.9. The van der Waals surface area contributed by atoms with Crippen LogP contribution in [0.5, 0.6) is 51.7 Å². The Labute approximate surface area is 753 Å². The maximum absolute atomic E-state index is 16.8. The van der Waals surface area contributed by atoms with Gasteiger partial charge in [-0.2, -0.15) is 0 Å². The van der Waals surface area contributed by atoms with Crippen molar-refractivity contribution in [2.45, 2.75) is 208 Å². The number of nitrogens with one attached hydrogen (secondary N) is 11. The highest BCUT2D eigenvalue weighted by molar-refractivity contribution is 6.32. The van der Waals surface area contributed by atoms with Crippen LogP contribution in [0.4, 0.5) is 0 Å². The smallest absolute Gasteiger partial charge is 0.257 e. The van der Waals surface area contributed by atoms with E-state index in [9.17, 15) is 55.5 Å². The first-order valence-electron chi connectivity index (χ1n) is 43.5. The van der Waals surface area contributed by atoms with E-state index in [1.54, 1.807) is 20.2 Å². The van der Waals surface area contributed by atoms with Crippen molar-refractivity contribution in [1.82, 2.24) is 58.5 Å². The number of likely N-dealkylation sites (N-methyl/N-ethyl adjacent to an activating group) is 3. The minimum atomic E-state index is -2.41. The molecule has 6 aromatic rings. The number of hydrogen-bond acceptors (Lipinski definition) is 30. The first-order chi connectivity index (χ1) is 62.0. The molecule has 39 heteroatoms. The maximum Gasteiger partial charge on any atom is 0.257 e. The summed E-state index contributed by atoms with van der Waals surface area (Å²) in [5, 5.41) is 137. The first-order valence-corrected chi connectivity index (χ1v) is 43.9. The lowest BCUT2D eigenvalue weighted by atomic mass is 9.54. The van der Waals surface area contributed by atoms with Crippen LogP contribution in [0.3, 0.4) is 0 Å². The van der Waals surface area contributed by atoms with Crippen molar-refractivity contribution in [3.63, 3.8) is 0 Å². The highest BCUT2D eigenvalue weighted by Gasteiger charge is 2.53. The number of fused-ring (bicyclic) bond motifs is 15. The average Bonchev–Trinajstić information content (AvgIpc) is 0.758. The summed E-state index contributed by atoms with van der Waals surface area (Å²) in [6, 6.07) is 4.90. The van der Waals surface area contributed by atoms with Gasteiger partial charge in [-0.15, -0.1) is 0 Å². The lowest BCUT2D eigenvalue weighted by Crippen LogP contribution is -2.64. The topological polar surface area (TPSA) is 568 Å². The van der Waals surface area contributed by atoms with Crippen LogP contribution >= 0.6 is 11.6 Å². The SMILES string of the molecule is CNCCOCc1cc(OCCNC)cc(C(=O)NC(=O)C[C@@H]2NC(=O)[C@H](NC(=O)[C@@H](CC(C)C)NC)[C@H](O)c3ccc(c(C)c3)Oc3cc4cc(c3O[C@@H]3O[C@H](CO)[C@@H](O)[C@H](O)[C@H]3O[C@H]3C[C@](C)(N)[C@H](O)[C@H](C)O3)Oc3ccc(cc3Cl)[C@@H](O)[C@@H]3NC(=O)[C@H](NC(=O)[C@@H]4NC2=O)c2ccc(O)c(c2)-c2c(O)cc(O)cc2[C@@H](C(=O)NC2C4CC5CC(C4)CC2C5)NC3=O)c1. The third-order valence-electron chi connectivity index (χ3n) is 25.4. The van der Waals surface area contributed by atoms with E-state index in [1.165, 1.54) is 70.3 Å². The van der Waals surface area contributed by atoms with Crippen LogP contribution in [0.15, 0.2) is 97.1 Å². The number of benzene rings is 6. The molecule has 6 fully saturated rings. The number of carbonyl (C=O) groups is 9. The third kappa shape index (κ3) is 21.0. The Bertz CT molecular complexity index is 5230. The number of nitrogens with two attached hydrogens (primary N) is 1. The van der Waals surface area contributed by atoms with Crippen LogP contribution in [0.1, 0.15) is 159 Å². The van der Waals surface area contributed by atoms with E-state index in [1.807, 2.05) is 13.8 Å². The summed E-state index contributed by atoms with van der Waals surface area (Å²) in [7, 11) is 4.92. The van der Waals surface area contributed by atoms with Gasteiger partial charge in [0.05, 0.1) is 49.5 Å². The van der Waals surface area contributed by atoms with Gasteiger partial charge in [-0.05, 0) is 222 Å². The van der Waals surface area contributed by atoms with Gasteiger partial charge < -0.3 is 143 Å². The largest absolute Gasteiger partial charge is 0.508 e. The molecule has 4 aliphatic carbocycles. The molecular weight excluding hydrogens is 1710 g/mol. The number of amides is 9. The Hall–Kier alpha value is -10.9. The van der Waals surface area contributed by atoms with Crippen molar-refractivity contribution < 1.29 is 127 Å². The molecule has 22 N–H and O–H groups in total. The molecule has 18 atom stereocenters. The number of aliphatic hydroxyl groups excluding tert-OH is 6. The summed E-state index contributed by atoms with van der Waals surface area (Å²) < 4.78 is 51.3. The Morgan fingerprint density at radius 3 is 1.98 bits per heavy atom. The normalized spacial score (nSPS) is 29.6. The maximum atomic E-state index is 16.8. The minimum Gasteiger partial charge on any atom is -0.508 e. The van der Waals surface area contributed by atoms with Gasteiger partial charge in [-0.25, -0.2) is 0 Å². The predicted octanol–water partition coefficient (Wildman–Crippen LogP) is 2.42. The molecule has 11 aliphatic rings. The number of hydrogen-bond donors (Lipinski definition) is 21. The molecule has 0 spiro atoms. The molecule has 0 aromatic heterocycles. The average molecular weight is 1830 g/mol. The molecule has 7 heterocycles. The summed E-state index contributed by atoms with van der Waals surface area (Å²) in [5.74, 6) is -14.1. The number of rotatable bonds is 24. The van der Waals surface area contributed by atoms with Crippen LogP contribution < -0.4 is 83.2 Å². The summed E-state index contributed by atoms with van der Waals surface area (Å²) in [6.45, 7) is 8.44. The van der Waals surface area contributed by atoms with Crippen LogP contribution in [0, 0.1) is 36.5 Å². The summed E-state index contributed by atoms with van der Waals surface area (Å²) in [5.41, 5.74) is 3.55. The zero-order chi connectivity index (χ0) is 93.2. The fourth-order valence-corrected chi connectivity index (χ4v) is 19.2. The minimum absolute atomic E-state index is 0.0292. The zero-order valence-corrected chi connectivity index (χ0v) is 73.6. The predicted molar refractivity (Wildman–Crippen MR) is 463 cm³/mol. The Morgan fingerprint density at radius 1 is 0.669 bits per heavy atom. The van der Waals surface area contributed by atoms with Gasteiger partial charge in [-0.3, -0.25) is 48.5 Å². The van der Waals surface area contributed by atoms with Crippen molar-refractivity contribution >= 4 is 64.8 Å². The molecule has 17 rings (SSSR count). The second-order valence-corrected chi connectivity index (χ2v) is 36.0. The van der Waals surface area contributed by atoms with Crippen LogP contribution in [-0.2, 0) is 63.9 Å². The second-order valence-electron chi connectivity index (χ2n) is 35.6. The molecule has 4 saturated carbocycles. The molecule has 7 aliphatic heterocycles. The number of aryl methyl sites for hydroxylation is 1. The monoisotopic (exact) mass is 1820 g/mol. The summed E-state index contributed by atoms with van der Waals surface area (Å²) in [4.78, 5) is 141. The van der Waals surface area contributed by atoms with E-state index < -0.39 is 227 Å². The van der Waals surface area contributed by atoms with Gasteiger partial charge >= 0.3 is 0 Å². The number of halogens is 1. The van der Waals surface area contributed by atoms with Crippen molar-refractivity contribution in [3.05, 3.63) is 147 Å². The van der Waals surface area contributed by atoms with Gasteiger partial charge in [-0.1, -0.05) is 43.6 Å². The molecule has 2 saturated heterocycles. The van der Waals surface area contributed by atoms with Gasteiger partial charge in [0.2, 0.25) is 59.3 Å². The number of ether oxygens (including phenoxy) is 8. The van der Waals surface area contributed by atoms with Crippen molar-refractivity contribution in [1.29, 1.82) is 0 Å². The molecule has 15 bridgehead atoms. The number of phenolic OH excluding ortho intramolecular Hbond substituents is 3.